The van der Waals surface area contributed by atoms with Gasteiger partial charge < -0.3 is 10.5 Å². The fraction of sp³-hybridized carbons (Fsp3) is 0.294. The van der Waals surface area contributed by atoms with Crippen LogP contribution in [0.15, 0.2) is 48.5 Å². The van der Waals surface area contributed by atoms with Crippen LogP contribution in [0, 0.1) is 0 Å². The third kappa shape index (κ3) is 2.24. The van der Waals surface area contributed by atoms with Crippen LogP contribution < -0.4 is 10.5 Å². The summed E-state index contributed by atoms with van der Waals surface area (Å²) < 4.78 is 5.31. The van der Waals surface area contributed by atoms with Crippen LogP contribution in [0.4, 0.5) is 0 Å². The smallest absolute Gasteiger partial charge is 0.119 e. The zero-order valence-electron chi connectivity index (χ0n) is 11.2. The van der Waals surface area contributed by atoms with Crippen LogP contribution in [0.2, 0.25) is 0 Å². The number of ether oxygens (including phenoxy) is 1. The van der Waals surface area contributed by atoms with Gasteiger partial charge in [0.15, 0.2) is 0 Å². The molecule has 2 nitrogen and oxygen atoms in total. The van der Waals surface area contributed by atoms with Crippen molar-refractivity contribution in [2.24, 2.45) is 5.73 Å². The number of hydrogen-bond donors (Lipinski definition) is 1. The second-order valence-electron chi connectivity index (χ2n) is 5.15. The largest absolute Gasteiger partial charge is 0.497 e. The standard InChI is InChI=1S/C17H19NO/c1-19-14-7-4-6-13(11-14)16-10-9-12-5-2-3-8-15(12)17(16)18/h2-8,11,16-17H,9-10,18H2,1H3. The van der Waals surface area contributed by atoms with E-state index in [1.807, 2.05) is 12.1 Å². The van der Waals surface area contributed by atoms with E-state index >= 15 is 0 Å². The number of methoxy groups -OCH3 is 1. The fourth-order valence-electron chi connectivity index (χ4n) is 3.04. The van der Waals surface area contributed by atoms with Gasteiger partial charge in [-0.15, -0.1) is 0 Å². The zero-order chi connectivity index (χ0) is 13.2. The summed E-state index contributed by atoms with van der Waals surface area (Å²) in [6.07, 6.45) is 2.21. The minimum atomic E-state index is 0.0806. The normalized spacial score (nSPS) is 21.8. The first-order valence-electron chi connectivity index (χ1n) is 6.77. The molecule has 19 heavy (non-hydrogen) atoms. The highest BCUT2D eigenvalue weighted by Gasteiger charge is 2.27. The van der Waals surface area contributed by atoms with Gasteiger partial charge in [0, 0.05) is 12.0 Å². The van der Waals surface area contributed by atoms with Crippen LogP contribution in [0.1, 0.15) is 35.1 Å². The molecule has 2 aromatic rings. The van der Waals surface area contributed by atoms with Gasteiger partial charge in [0.1, 0.15) is 5.75 Å². The molecule has 0 amide bonds. The van der Waals surface area contributed by atoms with E-state index in [-0.39, 0.29) is 6.04 Å². The minimum Gasteiger partial charge on any atom is -0.497 e. The Morgan fingerprint density at radius 3 is 2.79 bits per heavy atom. The van der Waals surface area contributed by atoms with Gasteiger partial charge in [-0.2, -0.15) is 0 Å². The molecule has 2 unspecified atom stereocenters. The zero-order valence-corrected chi connectivity index (χ0v) is 11.2. The lowest BCUT2D eigenvalue weighted by Gasteiger charge is -2.31. The molecule has 0 saturated carbocycles. The van der Waals surface area contributed by atoms with Crippen LogP contribution in [0.5, 0.6) is 5.75 Å². The molecule has 0 spiro atoms. The minimum absolute atomic E-state index is 0.0806. The average molecular weight is 253 g/mol. The van der Waals surface area contributed by atoms with E-state index in [1.165, 1.54) is 16.7 Å². The molecule has 0 saturated heterocycles. The van der Waals surface area contributed by atoms with Crippen molar-refractivity contribution >= 4 is 0 Å². The Kier molecular flexibility index (Phi) is 3.26. The number of rotatable bonds is 2. The Morgan fingerprint density at radius 1 is 1.11 bits per heavy atom. The van der Waals surface area contributed by atoms with Crippen molar-refractivity contribution in [2.75, 3.05) is 7.11 Å². The molecule has 2 aromatic carbocycles. The summed E-state index contributed by atoms with van der Waals surface area (Å²) in [7, 11) is 1.70. The SMILES string of the molecule is COc1cccc(C2CCc3ccccc3C2N)c1. The lowest BCUT2D eigenvalue weighted by Crippen LogP contribution is -2.25. The number of aryl methyl sites for hydroxylation is 1. The average Bonchev–Trinajstić information content (AvgIpc) is 2.48. The van der Waals surface area contributed by atoms with E-state index in [0.717, 1.165) is 18.6 Å². The summed E-state index contributed by atoms with van der Waals surface area (Å²) in [6, 6.07) is 16.9. The molecular formula is C17H19NO. The first-order valence-corrected chi connectivity index (χ1v) is 6.77. The number of nitrogens with two attached hydrogens (primary N) is 1. The number of hydrogen-bond acceptors (Lipinski definition) is 2. The number of benzene rings is 2. The Balaban J connectivity index is 1.95. The molecule has 2 atom stereocenters. The van der Waals surface area contributed by atoms with E-state index in [0.29, 0.717) is 5.92 Å². The Morgan fingerprint density at radius 2 is 1.95 bits per heavy atom. The maximum absolute atomic E-state index is 6.47. The van der Waals surface area contributed by atoms with Crippen LogP contribution >= 0.6 is 0 Å². The van der Waals surface area contributed by atoms with Gasteiger partial charge in [0.05, 0.1) is 7.11 Å². The first-order chi connectivity index (χ1) is 9.29. The highest BCUT2D eigenvalue weighted by Crippen LogP contribution is 2.39. The first kappa shape index (κ1) is 12.2. The lowest BCUT2D eigenvalue weighted by atomic mass is 9.77. The molecule has 0 bridgehead atoms. The molecule has 2 N–H and O–H groups in total. The predicted octanol–water partition coefficient (Wildman–Crippen LogP) is 3.43. The summed E-state index contributed by atoms with van der Waals surface area (Å²) >= 11 is 0. The third-order valence-corrected chi connectivity index (χ3v) is 4.09. The summed E-state index contributed by atoms with van der Waals surface area (Å²) in [5, 5.41) is 0. The highest BCUT2D eigenvalue weighted by atomic mass is 16.5. The highest BCUT2D eigenvalue weighted by molar-refractivity contribution is 5.39. The number of fused-ring (bicyclic) bond motifs is 1. The summed E-state index contributed by atoms with van der Waals surface area (Å²) in [5.74, 6) is 1.29. The third-order valence-electron chi connectivity index (χ3n) is 4.09. The summed E-state index contributed by atoms with van der Waals surface area (Å²) in [5.41, 5.74) is 10.4. The van der Waals surface area contributed by atoms with Gasteiger partial charge in [0.25, 0.3) is 0 Å². The van der Waals surface area contributed by atoms with Crippen molar-refractivity contribution in [1.82, 2.24) is 0 Å². The van der Waals surface area contributed by atoms with E-state index in [2.05, 4.69) is 36.4 Å². The van der Waals surface area contributed by atoms with Crippen LogP contribution in [0.25, 0.3) is 0 Å². The Labute approximate surface area is 114 Å². The van der Waals surface area contributed by atoms with Crippen molar-refractivity contribution in [3.8, 4) is 5.75 Å². The molecule has 1 aliphatic carbocycles. The molecule has 2 heteroatoms. The molecule has 0 radical (unpaired) electrons. The van der Waals surface area contributed by atoms with Crippen LogP contribution in [-0.2, 0) is 6.42 Å². The predicted molar refractivity (Wildman–Crippen MR) is 77.4 cm³/mol. The Bertz CT molecular complexity index is 579. The fourth-order valence-corrected chi connectivity index (χ4v) is 3.04. The molecule has 0 aliphatic heterocycles. The lowest BCUT2D eigenvalue weighted by molar-refractivity contribution is 0.412. The molecular weight excluding hydrogens is 234 g/mol. The summed E-state index contributed by atoms with van der Waals surface area (Å²) in [6.45, 7) is 0. The van der Waals surface area contributed by atoms with Crippen molar-refractivity contribution in [2.45, 2.75) is 24.8 Å². The molecule has 0 heterocycles. The van der Waals surface area contributed by atoms with Gasteiger partial charge >= 0.3 is 0 Å². The molecule has 98 valence electrons. The maximum atomic E-state index is 6.47. The second kappa shape index (κ2) is 5.06. The van der Waals surface area contributed by atoms with Gasteiger partial charge in [-0.25, -0.2) is 0 Å². The quantitative estimate of drug-likeness (QED) is 0.890. The van der Waals surface area contributed by atoms with E-state index < -0.39 is 0 Å². The monoisotopic (exact) mass is 253 g/mol. The molecule has 0 aromatic heterocycles. The van der Waals surface area contributed by atoms with E-state index in [1.54, 1.807) is 7.11 Å². The van der Waals surface area contributed by atoms with Crippen molar-refractivity contribution in [3.05, 3.63) is 65.2 Å². The van der Waals surface area contributed by atoms with Crippen molar-refractivity contribution in [1.29, 1.82) is 0 Å². The van der Waals surface area contributed by atoms with Crippen molar-refractivity contribution < 1.29 is 4.74 Å². The molecule has 1 aliphatic rings. The van der Waals surface area contributed by atoms with E-state index in [4.69, 9.17) is 10.5 Å². The van der Waals surface area contributed by atoms with Crippen LogP contribution in [-0.4, -0.2) is 7.11 Å². The Hall–Kier alpha value is -1.80. The van der Waals surface area contributed by atoms with Gasteiger partial charge in [-0.05, 0) is 41.7 Å². The van der Waals surface area contributed by atoms with Gasteiger partial charge in [-0.3, -0.25) is 0 Å². The maximum Gasteiger partial charge on any atom is 0.119 e. The topological polar surface area (TPSA) is 35.2 Å². The van der Waals surface area contributed by atoms with Crippen LogP contribution in [0.3, 0.4) is 0 Å². The van der Waals surface area contributed by atoms with Gasteiger partial charge in [-0.1, -0.05) is 36.4 Å². The molecule has 0 fully saturated rings. The van der Waals surface area contributed by atoms with Crippen molar-refractivity contribution in [3.63, 3.8) is 0 Å². The molecule has 3 rings (SSSR count). The van der Waals surface area contributed by atoms with Gasteiger partial charge in [0.2, 0.25) is 0 Å². The second-order valence-corrected chi connectivity index (χ2v) is 5.15. The summed E-state index contributed by atoms with van der Waals surface area (Å²) in [4.78, 5) is 0. The van der Waals surface area contributed by atoms with E-state index in [9.17, 15) is 0 Å².